The first-order valence-corrected chi connectivity index (χ1v) is 13.0. The summed E-state index contributed by atoms with van der Waals surface area (Å²) in [6, 6.07) is 12.4. The van der Waals surface area contributed by atoms with E-state index >= 15 is 0 Å². The van der Waals surface area contributed by atoms with E-state index < -0.39 is 22.0 Å². The van der Waals surface area contributed by atoms with Crippen molar-refractivity contribution >= 4 is 27.5 Å². The quantitative estimate of drug-likeness (QED) is 0.574. The van der Waals surface area contributed by atoms with Crippen LogP contribution < -0.4 is 9.62 Å². The Hall–Kier alpha value is -2.87. The molecule has 0 unspecified atom stereocenters. The number of aryl methyl sites for hydroxylation is 3. The minimum absolute atomic E-state index is 0.200. The molecule has 2 aromatic rings. The topological polar surface area (TPSA) is 86.8 Å². The zero-order chi connectivity index (χ0) is 24.8. The van der Waals surface area contributed by atoms with Gasteiger partial charge in [-0.3, -0.25) is 13.9 Å². The Morgan fingerprint density at radius 2 is 1.64 bits per heavy atom. The highest BCUT2D eigenvalue weighted by molar-refractivity contribution is 7.92. The molecule has 0 saturated carbocycles. The summed E-state index contributed by atoms with van der Waals surface area (Å²) in [5.41, 5.74) is 3.92. The number of benzene rings is 2. The number of nitrogens with zero attached hydrogens (tertiary/aromatic N) is 2. The molecular formula is C25H35N3O4S. The molecular weight excluding hydrogens is 438 g/mol. The van der Waals surface area contributed by atoms with Gasteiger partial charge in [-0.15, -0.1) is 0 Å². The van der Waals surface area contributed by atoms with Gasteiger partial charge in [0.1, 0.15) is 12.6 Å². The number of hydrogen-bond acceptors (Lipinski definition) is 4. The predicted octanol–water partition coefficient (Wildman–Crippen LogP) is 3.32. The molecule has 0 bridgehead atoms. The number of anilines is 1. The van der Waals surface area contributed by atoms with Crippen LogP contribution in [-0.4, -0.2) is 50.5 Å². The Morgan fingerprint density at radius 3 is 2.18 bits per heavy atom. The predicted molar refractivity (Wildman–Crippen MR) is 133 cm³/mol. The van der Waals surface area contributed by atoms with E-state index in [2.05, 4.69) is 5.32 Å². The molecule has 1 atom stereocenters. The molecule has 0 radical (unpaired) electrons. The molecule has 33 heavy (non-hydrogen) atoms. The average molecular weight is 474 g/mol. The normalized spacial score (nSPS) is 12.2. The van der Waals surface area contributed by atoms with Crippen LogP contribution in [0.3, 0.4) is 0 Å². The van der Waals surface area contributed by atoms with E-state index in [9.17, 15) is 18.0 Å². The molecule has 0 saturated heterocycles. The molecule has 0 spiro atoms. The van der Waals surface area contributed by atoms with Gasteiger partial charge in [-0.2, -0.15) is 0 Å². The molecule has 2 amide bonds. The van der Waals surface area contributed by atoms with Crippen molar-refractivity contribution in [2.45, 2.75) is 53.6 Å². The minimum Gasteiger partial charge on any atom is -0.354 e. The highest BCUT2D eigenvalue weighted by Gasteiger charge is 2.31. The van der Waals surface area contributed by atoms with Crippen LogP contribution in [0.2, 0.25) is 0 Å². The first kappa shape index (κ1) is 26.4. The number of para-hydroxylation sites is 1. The van der Waals surface area contributed by atoms with Gasteiger partial charge in [0.25, 0.3) is 0 Å². The fourth-order valence-corrected chi connectivity index (χ4v) is 4.73. The van der Waals surface area contributed by atoms with Crippen LogP contribution >= 0.6 is 0 Å². The van der Waals surface area contributed by atoms with Crippen LogP contribution in [0.25, 0.3) is 0 Å². The van der Waals surface area contributed by atoms with Gasteiger partial charge in [0.15, 0.2) is 0 Å². The molecule has 0 aromatic heterocycles. The highest BCUT2D eigenvalue weighted by Crippen LogP contribution is 2.27. The third-order valence-corrected chi connectivity index (χ3v) is 6.63. The van der Waals surface area contributed by atoms with Gasteiger partial charge < -0.3 is 10.2 Å². The number of rotatable bonds is 10. The van der Waals surface area contributed by atoms with E-state index in [-0.39, 0.29) is 19.0 Å². The Labute approximate surface area is 197 Å². The summed E-state index contributed by atoms with van der Waals surface area (Å²) < 4.78 is 26.6. The smallest absolute Gasteiger partial charge is 0.244 e. The number of amides is 2. The number of carbonyl (C=O) groups is 2. The fraction of sp³-hybridized carbons (Fsp3) is 0.440. The Balaban J connectivity index is 2.43. The van der Waals surface area contributed by atoms with E-state index in [1.807, 2.05) is 70.2 Å². The minimum atomic E-state index is -3.75. The van der Waals surface area contributed by atoms with Crippen molar-refractivity contribution in [2.75, 3.05) is 23.7 Å². The summed E-state index contributed by atoms with van der Waals surface area (Å²) in [6.45, 7) is 9.53. The van der Waals surface area contributed by atoms with Crippen LogP contribution in [0.5, 0.6) is 0 Å². The first-order chi connectivity index (χ1) is 15.5. The molecule has 0 aliphatic heterocycles. The lowest BCUT2D eigenvalue weighted by atomic mass is 10.1. The van der Waals surface area contributed by atoms with E-state index in [0.717, 1.165) is 39.2 Å². The summed E-state index contributed by atoms with van der Waals surface area (Å²) in [5, 5.41) is 2.83. The van der Waals surface area contributed by atoms with Gasteiger partial charge in [-0.05, 0) is 50.8 Å². The maximum Gasteiger partial charge on any atom is 0.244 e. The molecule has 1 N–H and O–H groups in total. The lowest BCUT2D eigenvalue weighted by Gasteiger charge is -2.32. The van der Waals surface area contributed by atoms with Gasteiger partial charge in [0.2, 0.25) is 21.8 Å². The second-order valence-electron chi connectivity index (χ2n) is 8.49. The summed E-state index contributed by atoms with van der Waals surface area (Å²) in [6.07, 6.45) is 1.87. The van der Waals surface area contributed by atoms with E-state index in [1.165, 1.54) is 4.90 Å². The van der Waals surface area contributed by atoms with E-state index in [0.29, 0.717) is 12.2 Å². The summed E-state index contributed by atoms with van der Waals surface area (Å²) >= 11 is 0. The second-order valence-corrected chi connectivity index (χ2v) is 10.4. The van der Waals surface area contributed by atoms with Crippen molar-refractivity contribution in [3.05, 3.63) is 64.7 Å². The molecule has 2 aromatic carbocycles. The summed E-state index contributed by atoms with van der Waals surface area (Å²) in [7, 11) is -3.75. The van der Waals surface area contributed by atoms with Crippen LogP contribution in [0.1, 0.15) is 42.5 Å². The maximum atomic E-state index is 13.5. The first-order valence-electron chi connectivity index (χ1n) is 11.1. The fourth-order valence-electron chi connectivity index (χ4n) is 3.76. The third-order valence-electron chi connectivity index (χ3n) is 5.52. The highest BCUT2D eigenvalue weighted by atomic mass is 32.2. The average Bonchev–Trinajstić information content (AvgIpc) is 2.73. The Bertz CT molecular complexity index is 1080. The van der Waals surface area contributed by atoms with Crippen LogP contribution in [0.4, 0.5) is 5.69 Å². The summed E-state index contributed by atoms with van der Waals surface area (Å²) in [5.74, 6) is -0.709. The summed E-state index contributed by atoms with van der Waals surface area (Å²) in [4.78, 5) is 27.7. The molecule has 0 aliphatic rings. The lowest BCUT2D eigenvalue weighted by molar-refractivity contribution is -0.139. The maximum absolute atomic E-state index is 13.5. The molecule has 2 rings (SSSR count). The van der Waals surface area contributed by atoms with Gasteiger partial charge in [-0.25, -0.2) is 8.42 Å². The molecule has 7 nitrogen and oxygen atoms in total. The molecule has 8 heteroatoms. The van der Waals surface area contributed by atoms with Crippen molar-refractivity contribution in [2.24, 2.45) is 0 Å². The lowest BCUT2D eigenvalue weighted by Crippen LogP contribution is -2.51. The van der Waals surface area contributed by atoms with E-state index in [1.54, 1.807) is 6.92 Å². The molecule has 0 fully saturated rings. The van der Waals surface area contributed by atoms with Crippen molar-refractivity contribution in [3.8, 4) is 0 Å². The number of sulfonamides is 1. The standard InChI is InChI=1S/C25H35N3O4S/c1-7-14-26-25(30)21(5)27(16-22-13-8-10-18(2)15-22)23(29)17-28(33(6,31)32)24-19(3)11-9-12-20(24)4/h8-13,15,21H,7,14,16-17H2,1-6H3,(H,26,30)/t21-/m0/s1. The van der Waals surface area contributed by atoms with Crippen molar-refractivity contribution in [1.29, 1.82) is 0 Å². The van der Waals surface area contributed by atoms with Crippen molar-refractivity contribution < 1.29 is 18.0 Å². The van der Waals surface area contributed by atoms with Gasteiger partial charge in [-0.1, -0.05) is 55.0 Å². The zero-order valence-electron chi connectivity index (χ0n) is 20.4. The van der Waals surface area contributed by atoms with Crippen LogP contribution in [0.15, 0.2) is 42.5 Å². The molecule has 0 heterocycles. The molecule has 0 aliphatic carbocycles. The molecule has 180 valence electrons. The van der Waals surface area contributed by atoms with Crippen LogP contribution in [0, 0.1) is 20.8 Å². The van der Waals surface area contributed by atoms with Gasteiger partial charge >= 0.3 is 0 Å². The number of nitrogens with one attached hydrogen (secondary N) is 1. The van der Waals surface area contributed by atoms with Crippen molar-refractivity contribution in [3.63, 3.8) is 0 Å². The third kappa shape index (κ3) is 7.05. The van der Waals surface area contributed by atoms with Crippen LogP contribution in [-0.2, 0) is 26.2 Å². The largest absolute Gasteiger partial charge is 0.354 e. The number of hydrogen-bond donors (Lipinski definition) is 1. The zero-order valence-corrected chi connectivity index (χ0v) is 21.2. The SMILES string of the molecule is CCCNC(=O)[C@H](C)N(Cc1cccc(C)c1)C(=O)CN(c1c(C)cccc1C)S(C)(=O)=O. The van der Waals surface area contributed by atoms with Gasteiger partial charge in [0, 0.05) is 13.1 Å². The Kier molecular flexibility index (Phi) is 9.05. The second kappa shape index (κ2) is 11.3. The number of carbonyl (C=O) groups excluding carboxylic acids is 2. The van der Waals surface area contributed by atoms with Gasteiger partial charge in [0.05, 0.1) is 11.9 Å². The Morgan fingerprint density at radius 1 is 1.03 bits per heavy atom. The van der Waals surface area contributed by atoms with Crippen molar-refractivity contribution in [1.82, 2.24) is 10.2 Å². The van der Waals surface area contributed by atoms with E-state index in [4.69, 9.17) is 0 Å². The monoisotopic (exact) mass is 473 g/mol.